The Balaban J connectivity index is 1.59. The van der Waals surface area contributed by atoms with Crippen LogP contribution in [-0.4, -0.2) is 62.4 Å². The van der Waals surface area contributed by atoms with E-state index >= 15 is 0 Å². The number of hydrogen-bond acceptors (Lipinski definition) is 9. The molecular formula is C27H30N4O5S. The first-order chi connectivity index (χ1) is 17.9. The number of methoxy groups -OCH3 is 1. The molecule has 5 rings (SSSR count). The van der Waals surface area contributed by atoms with E-state index in [2.05, 4.69) is 21.8 Å². The number of aromatic nitrogens is 1. The summed E-state index contributed by atoms with van der Waals surface area (Å²) < 4.78 is 18.9. The van der Waals surface area contributed by atoms with Gasteiger partial charge in [-0.05, 0) is 44.7 Å². The van der Waals surface area contributed by atoms with Crippen LogP contribution in [0, 0.1) is 0 Å². The predicted molar refractivity (Wildman–Crippen MR) is 142 cm³/mol. The van der Waals surface area contributed by atoms with Crippen LogP contribution in [0.15, 0.2) is 61.9 Å². The van der Waals surface area contributed by atoms with E-state index in [0.717, 1.165) is 37.6 Å². The van der Waals surface area contributed by atoms with Gasteiger partial charge in [0.05, 0.1) is 35.6 Å². The van der Waals surface area contributed by atoms with Gasteiger partial charge in [0, 0.05) is 38.3 Å². The fourth-order valence-corrected chi connectivity index (χ4v) is 5.69. The van der Waals surface area contributed by atoms with Gasteiger partial charge in [-0.3, -0.25) is 9.36 Å². The van der Waals surface area contributed by atoms with Crippen LogP contribution in [0.1, 0.15) is 31.2 Å². The van der Waals surface area contributed by atoms with E-state index in [1.807, 2.05) is 36.4 Å². The van der Waals surface area contributed by atoms with E-state index < -0.39 is 12.0 Å². The number of thiazole rings is 1. The summed E-state index contributed by atoms with van der Waals surface area (Å²) >= 11 is 1.27. The third-order valence-corrected chi connectivity index (χ3v) is 7.61. The lowest BCUT2D eigenvalue weighted by Crippen LogP contribution is -2.44. The molecule has 4 heterocycles. The molecule has 9 nitrogen and oxygen atoms in total. The number of benzene rings is 1. The standard InChI is InChI=1S/C27H30N4O5S/c1-5-35-26(33)23-17(2)28-27-31(24(23)18-7-6-8-19(15-18)34-4)25(32)21(37-27)16-20-9-10-22(36-20)30-13-11-29(3)12-14-30/h6-10,15-16,24H,5,11-14H2,1-4H3/t24-/m0/s1. The van der Waals surface area contributed by atoms with Gasteiger partial charge >= 0.3 is 5.97 Å². The molecule has 10 heteroatoms. The first-order valence-corrected chi connectivity index (χ1v) is 13.1. The normalized spacial score (nSPS) is 18.5. The number of ether oxygens (including phenoxy) is 2. The third-order valence-electron chi connectivity index (χ3n) is 6.63. The van der Waals surface area contributed by atoms with Crippen LogP contribution in [0.2, 0.25) is 0 Å². The Morgan fingerprint density at radius 1 is 1.22 bits per heavy atom. The topological polar surface area (TPSA) is 89.5 Å². The average Bonchev–Trinajstić information content (AvgIpc) is 3.48. The summed E-state index contributed by atoms with van der Waals surface area (Å²) in [6.45, 7) is 7.47. The van der Waals surface area contributed by atoms with Crippen molar-refractivity contribution in [3.05, 3.63) is 78.7 Å². The summed E-state index contributed by atoms with van der Waals surface area (Å²) in [6.07, 6.45) is 1.75. The molecule has 1 atom stereocenters. The number of piperazine rings is 1. The van der Waals surface area contributed by atoms with E-state index in [9.17, 15) is 9.59 Å². The molecule has 1 fully saturated rings. The Morgan fingerprint density at radius 3 is 2.73 bits per heavy atom. The first kappa shape index (κ1) is 25.0. The lowest BCUT2D eigenvalue weighted by atomic mass is 9.95. The van der Waals surface area contributed by atoms with Gasteiger partial charge in [-0.1, -0.05) is 23.5 Å². The summed E-state index contributed by atoms with van der Waals surface area (Å²) in [5, 5.41) is 0. The number of esters is 1. The van der Waals surface area contributed by atoms with Crippen molar-refractivity contribution in [2.45, 2.75) is 19.9 Å². The van der Waals surface area contributed by atoms with Crippen molar-refractivity contribution >= 4 is 29.3 Å². The van der Waals surface area contributed by atoms with Crippen LogP contribution in [-0.2, 0) is 9.53 Å². The van der Waals surface area contributed by atoms with Gasteiger partial charge in [-0.25, -0.2) is 9.79 Å². The molecule has 3 aromatic rings. The molecular weight excluding hydrogens is 492 g/mol. The highest BCUT2D eigenvalue weighted by Crippen LogP contribution is 2.32. The largest absolute Gasteiger partial charge is 0.497 e. The second-order valence-corrected chi connectivity index (χ2v) is 10.1. The molecule has 0 saturated carbocycles. The summed E-state index contributed by atoms with van der Waals surface area (Å²) in [7, 11) is 3.69. The molecule has 2 aromatic heterocycles. The number of carbonyl (C=O) groups excluding carboxylic acids is 1. The lowest BCUT2D eigenvalue weighted by Gasteiger charge is -2.32. The summed E-state index contributed by atoms with van der Waals surface area (Å²) in [5.41, 5.74) is 1.35. The number of allylic oxidation sites excluding steroid dienone is 1. The van der Waals surface area contributed by atoms with E-state index in [-0.39, 0.29) is 12.2 Å². The van der Waals surface area contributed by atoms with Gasteiger partial charge in [0.2, 0.25) is 0 Å². The molecule has 37 heavy (non-hydrogen) atoms. The monoisotopic (exact) mass is 522 g/mol. The second-order valence-electron chi connectivity index (χ2n) is 9.05. The van der Waals surface area contributed by atoms with Crippen LogP contribution < -0.4 is 24.5 Å². The van der Waals surface area contributed by atoms with Crippen molar-refractivity contribution in [2.24, 2.45) is 4.99 Å². The van der Waals surface area contributed by atoms with Gasteiger partial charge in [0.15, 0.2) is 10.7 Å². The molecule has 0 bridgehead atoms. The number of hydrogen-bond donors (Lipinski definition) is 0. The molecule has 0 unspecified atom stereocenters. The maximum Gasteiger partial charge on any atom is 0.338 e. The van der Waals surface area contributed by atoms with Crippen LogP contribution in [0.4, 0.5) is 5.88 Å². The first-order valence-electron chi connectivity index (χ1n) is 12.3. The van der Waals surface area contributed by atoms with Gasteiger partial charge < -0.3 is 23.7 Å². The third kappa shape index (κ3) is 4.86. The van der Waals surface area contributed by atoms with Crippen molar-refractivity contribution < 1.29 is 18.7 Å². The van der Waals surface area contributed by atoms with Gasteiger partial charge in [-0.15, -0.1) is 0 Å². The number of carbonyl (C=O) groups is 1. The van der Waals surface area contributed by atoms with Gasteiger partial charge in [0.25, 0.3) is 5.56 Å². The highest BCUT2D eigenvalue weighted by atomic mass is 32.1. The fourth-order valence-electron chi connectivity index (χ4n) is 4.66. The Labute approximate surface area is 218 Å². The highest BCUT2D eigenvalue weighted by Gasteiger charge is 2.33. The molecule has 0 radical (unpaired) electrons. The molecule has 2 aliphatic rings. The van der Waals surface area contributed by atoms with Crippen LogP contribution >= 0.6 is 11.3 Å². The van der Waals surface area contributed by atoms with Crippen LogP contribution in [0.3, 0.4) is 0 Å². The lowest BCUT2D eigenvalue weighted by molar-refractivity contribution is -0.139. The van der Waals surface area contributed by atoms with Crippen molar-refractivity contribution in [3.8, 4) is 5.75 Å². The molecule has 1 saturated heterocycles. The smallest absolute Gasteiger partial charge is 0.338 e. The number of fused-ring (bicyclic) bond motifs is 1. The zero-order valence-electron chi connectivity index (χ0n) is 21.4. The molecule has 2 aliphatic heterocycles. The Bertz CT molecular complexity index is 1520. The predicted octanol–water partition coefficient (Wildman–Crippen LogP) is 2.15. The summed E-state index contributed by atoms with van der Waals surface area (Å²) in [6, 6.07) is 10.5. The van der Waals surface area contributed by atoms with Crippen LogP contribution in [0.25, 0.3) is 6.08 Å². The van der Waals surface area contributed by atoms with E-state index in [1.54, 1.807) is 31.6 Å². The number of likely N-dealkylation sites (N-methyl/N-ethyl adjacent to an activating group) is 1. The number of anilines is 1. The van der Waals surface area contributed by atoms with E-state index in [1.165, 1.54) is 11.3 Å². The SMILES string of the molecule is CCOC(=O)C1=C(C)N=c2sc(=Cc3ccc(N4CCN(C)CC4)o3)c(=O)n2[C@H]1c1cccc(OC)c1. The summed E-state index contributed by atoms with van der Waals surface area (Å²) in [4.78, 5) is 36.4. The quantitative estimate of drug-likeness (QED) is 0.459. The minimum atomic E-state index is -0.690. The molecule has 0 amide bonds. The van der Waals surface area contributed by atoms with Crippen molar-refractivity contribution in [2.75, 3.05) is 51.8 Å². The van der Waals surface area contributed by atoms with Crippen molar-refractivity contribution in [1.29, 1.82) is 0 Å². The maximum atomic E-state index is 13.8. The van der Waals surface area contributed by atoms with Crippen LogP contribution in [0.5, 0.6) is 5.75 Å². The Kier molecular flexibility index (Phi) is 7.03. The summed E-state index contributed by atoms with van der Waals surface area (Å²) in [5.74, 6) is 1.53. The molecule has 1 aromatic carbocycles. The van der Waals surface area contributed by atoms with Crippen molar-refractivity contribution in [1.82, 2.24) is 9.47 Å². The average molecular weight is 523 g/mol. The molecule has 0 aliphatic carbocycles. The zero-order valence-corrected chi connectivity index (χ0v) is 22.2. The number of furan rings is 1. The second kappa shape index (κ2) is 10.4. The minimum absolute atomic E-state index is 0.221. The molecule has 194 valence electrons. The van der Waals surface area contributed by atoms with Gasteiger partial charge in [-0.2, -0.15) is 0 Å². The fraction of sp³-hybridized carbons (Fsp3) is 0.370. The molecule has 0 N–H and O–H groups in total. The van der Waals surface area contributed by atoms with Crippen molar-refractivity contribution in [3.63, 3.8) is 0 Å². The van der Waals surface area contributed by atoms with E-state index in [4.69, 9.17) is 13.9 Å². The Hall–Kier alpha value is -3.63. The number of rotatable bonds is 6. The number of nitrogens with zero attached hydrogens (tertiary/aromatic N) is 4. The van der Waals surface area contributed by atoms with E-state index in [0.29, 0.717) is 32.1 Å². The highest BCUT2D eigenvalue weighted by molar-refractivity contribution is 7.07. The Morgan fingerprint density at radius 2 is 2.00 bits per heavy atom. The maximum absolute atomic E-state index is 13.8. The minimum Gasteiger partial charge on any atom is -0.497 e. The molecule has 0 spiro atoms. The zero-order chi connectivity index (χ0) is 26.1. The van der Waals surface area contributed by atoms with Gasteiger partial charge in [0.1, 0.15) is 11.5 Å².